The Kier molecular flexibility index (Phi) is 6.02. The average molecular weight is 431 g/mol. The number of aryl methyl sites for hydroxylation is 1. The van der Waals surface area contributed by atoms with Crippen LogP contribution in [0.15, 0.2) is 29.2 Å². The Bertz CT molecular complexity index is 919. The molecule has 0 bridgehead atoms. The second kappa shape index (κ2) is 8.00. The number of sulfone groups is 2. The summed E-state index contributed by atoms with van der Waals surface area (Å²) < 4.78 is 55.9. The van der Waals surface area contributed by atoms with E-state index in [1.54, 1.807) is 24.0 Å². The first kappa shape index (κ1) is 21.1. The zero-order chi connectivity index (χ0) is 20.5. The molecule has 10 heteroatoms. The second-order valence-electron chi connectivity index (χ2n) is 7.26. The fraction of sp³-hybridized carbons (Fsp3) is 0.611. The third kappa shape index (κ3) is 4.33. The van der Waals surface area contributed by atoms with Gasteiger partial charge in [0, 0.05) is 32.2 Å². The standard InChI is InChI=1S/C18H26N2O6S2/c1-3-26-18(21)20-10-8-19(9-11-20)16-12-27(22,23)13-17(16)28(24,25)15-6-4-14(2)5-7-15/h4-7,16-17H,3,8-13H2,1-2H3. The van der Waals surface area contributed by atoms with E-state index in [1.807, 2.05) is 11.8 Å². The van der Waals surface area contributed by atoms with Gasteiger partial charge in [0.1, 0.15) is 0 Å². The van der Waals surface area contributed by atoms with Crippen molar-refractivity contribution in [2.75, 3.05) is 44.3 Å². The predicted molar refractivity (Wildman–Crippen MR) is 105 cm³/mol. The summed E-state index contributed by atoms with van der Waals surface area (Å²) in [6.45, 7) is 5.48. The maximum atomic E-state index is 13.2. The quantitative estimate of drug-likeness (QED) is 0.693. The Balaban J connectivity index is 1.80. The van der Waals surface area contributed by atoms with Crippen LogP contribution in [0.1, 0.15) is 12.5 Å². The SMILES string of the molecule is CCOC(=O)N1CCN(C2CS(=O)(=O)CC2S(=O)(=O)c2ccc(C)cc2)CC1. The van der Waals surface area contributed by atoms with Gasteiger partial charge >= 0.3 is 6.09 Å². The second-order valence-corrected chi connectivity index (χ2v) is 11.6. The lowest BCUT2D eigenvalue weighted by atomic mass is 10.2. The number of hydrogen-bond acceptors (Lipinski definition) is 7. The molecule has 2 heterocycles. The molecule has 3 rings (SSSR count). The molecule has 0 aromatic heterocycles. The largest absolute Gasteiger partial charge is 0.450 e. The van der Waals surface area contributed by atoms with Crippen LogP contribution in [0.3, 0.4) is 0 Å². The Hall–Kier alpha value is -1.65. The molecule has 2 fully saturated rings. The highest BCUT2D eigenvalue weighted by molar-refractivity contribution is 7.96. The van der Waals surface area contributed by atoms with Gasteiger partial charge in [-0.3, -0.25) is 4.90 Å². The summed E-state index contributed by atoms with van der Waals surface area (Å²) in [5.41, 5.74) is 0.935. The van der Waals surface area contributed by atoms with Gasteiger partial charge in [-0.2, -0.15) is 0 Å². The van der Waals surface area contributed by atoms with Gasteiger partial charge in [0.05, 0.1) is 28.3 Å². The smallest absolute Gasteiger partial charge is 0.409 e. The van der Waals surface area contributed by atoms with Crippen molar-refractivity contribution < 1.29 is 26.4 Å². The lowest BCUT2D eigenvalue weighted by molar-refractivity contribution is 0.0700. The van der Waals surface area contributed by atoms with E-state index in [1.165, 1.54) is 12.1 Å². The van der Waals surface area contributed by atoms with Crippen LogP contribution >= 0.6 is 0 Å². The Labute approximate surface area is 166 Å². The molecule has 2 aliphatic heterocycles. The maximum Gasteiger partial charge on any atom is 0.409 e. The Morgan fingerprint density at radius 2 is 1.71 bits per heavy atom. The number of rotatable bonds is 4. The fourth-order valence-corrected chi connectivity index (χ4v) is 8.62. The summed E-state index contributed by atoms with van der Waals surface area (Å²) in [6, 6.07) is 5.88. The fourth-order valence-electron chi connectivity index (χ4n) is 3.79. The highest BCUT2D eigenvalue weighted by Crippen LogP contribution is 2.30. The monoisotopic (exact) mass is 430 g/mol. The lowest BCUT2D eigenvalue weighted by Crippen LogP contribution is -2.55. The van der Waals surface area contributed by atoms with Crippen molar-refractivity contribution in [3.63, 3.8) is 0 Å². The van der Waals surface area contributed by atoms with Gasteiger partial charge in [0.2, 0.25) is 0 Å². The predicted octanol–water partition coefficient (Wildman–Crippen LogP) is 0.708. The van der Waals surface area contributed by atoms with Crippen LogP contribution in [-0.2, 0) is 24.4 Å². The van der Waals surface area contributed by atoms with Crippen LogP contribution in [-0.4, -0.2) is 88.3 Å². The number of piperazine rings is 1. The zero-order valence-corrected chi connectivity index (χ0v) is 17.7. The molecule has 2 aliphatic rings. The van der Waals surface area contributed by atoms with E-state index >= 15 is 0 Å². The molecule has 2 atom stereocenters. The summed E-state index contributed by atoms with van der Waals surface area (Å²) >= 11 is 0. The number of benzene rings is 1. The van der Waals surface area contributed by atoms with Gasteiger partial charge in [-0.25, -0.2) is 21.6 Å². The minimum atomic E-state index is -3.79. The normalized spacial score (nSPS) is 25.6. The van der Waals surface area contributed by atoms with Crippen LogP contribution in [0, 0.1) is 6.92 Å². The van der Waals surface area contributed by atoms with E-state index in [9.17, 15) is 21.6 Å². The molecule has 1 amide bonds. The van der Waals surface area contributed by atoms with Crippen molar-refractivity contribution >= 4 is 25.8 Å². The first-order valence-electron chi connectivity index (χ1n) is 9.31. The lowest BCUT2D eigenvalue weighted by Gasteiger charge is -2.38. The number of amides is 1. The molecule has 1 aromatic rings. The molecular weight excluding hydrogens is 404 g/mol. The van der Waals surface area contributed by atoms with Crippen LogP contribution in [0.4, 0.5) is 4.79 Å². The van der Waals surface area contributed by atoms with Gasteiger partial charge in [0.25, 0.3) is 0 Å². The molecule has 0 N–H and O–H groups in total. The van der Waals surface area contributed by atoms with E-state index in [0.717, 1.165) is 5.56 Å². The summed E-state index contributed by atoms with van der Waals surface area (Å²) in [6.07, 6.45) is -0.398. The summed E-state index contributed by atoms with van der Waals surface area (Å²) in [5, 5.41) is -1.01. The summed E-state index contributed by atoms with van der Waals surface area (Å²) in [7, 11) is -7.25. The summed E-state index contributed by atoms with van der Waals surface area (Å²) in [5.74, 6) is -0.547. The Morgan fingerprint density at radius 1 is 1.11 bits per heavy atom. The first-order chi connectivity index (χ1) is 13.1. The van der Waals surface area contributed by atoms with Crippen molar-refractivity contribution in [3.05, 3.63) is 29.8 Å². The minimum absolute atomic E-state index is 0.148. The first-order valence-corrected chi connectivity index (χ1v) is 12.7. The minimum Gasteiger partial charge on any atom is -0.450 e. The molecule has 8 nitrogen and oxygen atoms in total. The van der Waals surface area contributed by atoms with Crippen molar-refractivity contribution in [2.24, 2.45) is 0 Å². The van der Waals surface area contributed by atoms with Crippen LogP contribution < -0.4 is 0 Å². The number of ether oxygens (including phenoxy) is 1. The van der Waals surface area contributed by atoms with E-state index in [4.69, 9.17) is 4.74 Å². The van der Waals surface area contributed by atoms with Crippen molar-refractivity contribution in [1.29, 1.82) is 0 Å². The van der Waals surface area contributed by atoms with Gasteiger partial charge in [-0.05, 0) is 26.0 Å². The zero-order valence-electron chi connectivity index (χ0n) is 16.1. The van der Waals surface area contributed by atoms with E-state index in [2.05, 4.69) is 0 Å². The van der Waals surface area contributed by atoms with Crippen molar-refractivity contribution in [3.8, 4) is 0 Å². The number of carbonyl (C=O) groups excluding carboxylic acids is 1. The van der Waals surface area contributed by atoms with Gasteiger partial charge in [-0.15, -0.1) is 0 Å². The molecule has 0 saturated carbocycles. The molecule has 2 unspecified atom stereocenters. The summed E-state index contributed by atoms with van der Waals surface area (Å²) in [4.78, 5) is 15.5. The number of nitrogens with zero attached hydrogens (tertiary/aromatic N) is 2. The number of carbonyl (C=O) groups is 1. The maximum absolute atomic E-state index is 13.2. The van der Waals surface area contributed by atoms with E-state index in [-0.39, 0.29) is 23.0 Å². The van der Waals surface area contributed by atoms with Crippen LogP contribution in [0.5, 0.6) is 0 Å². The van der Waals surface area contributed by atoms with Gasteiger partial charge < -0.3 is 9.64 Å². The van der Waals surface area contributed by atoms with E-state index in [0.29, 0.717) is 26.2 Å². The van der Waals surface area contributed by atoms with Crippen LogP contribution in [0.2, 0.25) is 0 Å². The molecular formula is C18H26N2O6S2. The molecule has 0 spiro atoms. The third-order valence-corrected chi connectivity index (χ3v) is 9.46. The van der Waals surface area contributed by atoms with E-state index < -0.39 is 37.1 Å². The molecule has 0 aliphatic carbocycles. The highest BCUT2D eigenvalue weighted by Gasteiger charge is 2.48. The van der Waals surface area contributed by atoms with Crippen molar-refractivity contribution in [2.45, 2.75) is 30.0 Å². The van der Waals surface area contributed by atoms with Gasteiger partial charge in [-0.1, -0.05) is 17.7 Å². The Morgan fingerprint density at radius 3 is 2.29 bits per heavy atom. The average Bonchev–Trinajstić information content (AvgIpc) is 2.99. The molecule has 156 valence electrons. The van der Waals surface area contributed by atoms with Gasteiger partial charge in [0.15, 0.2) is 19.7 Å². The van der Waals surface area contributed by atoms with Crippen LogP contribution in [0.25, 0.3) is 0 Å². The molecule has 0 radical (unpaired) electrons. The molecule has 2 saturated heterocycles. The third-order valence-electron chi connectivity index (χ3n) is 5.33. The van der Waals surface area contributed by atoms with Crippen molar-refractivity contribution in [1.82, 2.24) is 9.80 Å². The molecule has 1 aromatic carbocycles. The topological polar surface area (TPSA) is 101 Å². The number of hydrogen-bond donors (Lipinski definition) is 0. The highest BCUT2D eigenvalue weighted by atomic mass is 32.2. The molecule has 28 heavy (non-hydrogen) atoms.